The zero-order valence-electron chi connectivity index (χ0n) is 10.5. The van der Waals surface area contributed by atoms with Crippen LogP contribution in [-0.2, 0) is 9.84 Å². The number of sulfone groups is 1. The molecular formula is C12H17F2NO3S. The number of aliphatic hydroxyl groups is 1. The minimum absolute atomic E-state index is 0.328. The number of hydrogen-bond donors (Lipinski definition) is 2. The summed E-state index contributed by atoms with van der Waals surface area (Å²) in [7, 11) is -4.54. The van der Waals surface area contributed by atoms with E-state index < -0.39 is 26.6 Å². The Labute approximate surface area is 111 Å². The molecule has 0 bridgehead atoms. The van der Waals surface area contributed by atoms with E-state index in [1.807, 2.05) is 6.92 Å². The van der Waals surface area contributed by atoms with Crippen LogP contribution in [0.2, 0.25) is 0 Å². The summed E-state index contributed by atoms with van der Waals surface area (Å²) >= 11 is 0. The highest BCUT2D eigenvalue weighted by molar-refractivity contribution is 7.91. The standard InChI is InChI=1S/C12H17F2NO3S/c1-2-3-10(16)8-15-9-4-6-11(7-5-9)19(17,18)12(13)14/h4-7,10,12,15-16H,2-3,8H2,1H3. The fourth-order valence-corrected chi connectivity index (χ4v) is 2.26. The van der Waals surface area contributed by atoms with E-state index >= 15 is 0 Å². The summed E-state index contributed by atoms with van der Waals surface area (Å²) in [5.41, 5.74) is 0.573. The molecular weight excluding hydrogens is 276 g/mol. The highest BCUT2D eigenvalue weighted by Crippen LogP contribution is 2.20. The molecule has 108 valence electrons. The van der Waals surface area contributed by atoms with Crippen LogP contribution in [0.25, 0.3) is 0 Å². The van der Waals surface area contributed by atoms with Gasteiger partial charge in [0, 0.05) is 12.2 Å². The second-order valence-corrected chi connectivity index (χ2v) is 6.07. The number of alkyl halides is 2. The van der Waals surface area contributed by atoms with Crippen LogP contribution in [0.3, 0.4) is 0 Å². The van der Waals surface area contributed by atoms with E-state index in [9.17, 15) is 22.3 Å². The first-order valence-electron chi connectivity index (χ1n) is 5.92. The van der Waals surface area contributed by atoms with Crippen molar-refractivity contribution in [3.05, 3.63) is 24.3 Å². The number of aliphatic hydroxyl groups excluding tert-OH is 1. The van der Waals surface area contributed by atoms with Crippen molar-refractivity contribution in [3.8, 4) is 0 Å². The van der Waals surface area contributed by atoms with Crippen LogP contribution < -0.4 is 5.32 Å². The smallest absolute Gasteiger partial charge is 0.341 e. The molecule has 0 aliphatic rings. The molecule has 2 N–H and O–H groups in total. The molecule has 0 saturated carbocycles. The monoisotopic (exact) mass is 293 g/mol. The molecule has 0 radical (unpaired) electrons. The van der Waals surface area contributed by atoms with Crippen LogP contribution in [0, 0.1) is 0 Å². The summed E-state index contributed by atoms with van der Waals surface area (Å²) in [6.45, 7) is 2.28. The minimum Gasteiger partial charge on any atom is -0.391 e. The number of hydrogen-bond acceptors (Lipinski definition) is 4. The van der Waals surface area contributed by atoms with Crippen molar-refractivity contribution in [2.75, 3.05) is 11.9 Å². The Morgan fingerprint density at radius 2 is 1.84 bits per heavy atom. The Morgan fingerprint density at radius 3 is 2.32 bits per heavy atom. The molecule has 0 aromatic heterocycles. The molecule has 0 aliphatic heterocycles. The maximum Gasteiger partial charge on any atom is 0.341 e. The normalized spacial score (nSPS) is 13.5. The quantitative estimate of drug-likeness (QED) is 0.809. The number of rotatable bonds is 7. The summed E-state index contributed by atoms with van der Waals surface area (Å²) in [5.74, 6) is -3.42. The average Bonchev–Trinajstić information content (AvgIpc) is 2.37. The van der Waals surface area contributed by atoms with Crippen molar-refractivity contribution in [3.63, 3.8) is 0 Å². The van der Waals surface area contributed by atoms with Crippen LogP contribution in [0.1, 0.15) is 19.8 Å². The van der Waals surface area contributed by atoms with Crippen LogP contribution in [-0.4, -0.2) is 31.9 Å². The number of benzene rings is 1. The van der Waals surface area contributed by atoms with E-state index in [2.05, 4.69) is 5.32 Å². The lowest BCUT2D eigenvalue weighted by Gasteiger charge is -2.12. The van der Waals surface area contributed by atoms with Gasteiger partial charge >= 0.3 is 5.76 Å². The van der Waals surface area contributed by atoms with E-state index in [0.29, 0.717) is 18.7 Å². The second kappa shape index (κ2) is 6.81. The van der Waals surface area contributed by atoms with Gasteiger partial charge in [0.1, 0.15) is 0 Å². The Bertz CT molecular complexity index is 488. The van der Waals surface area contributed by atoms with Gasteiger partial charge in [-0.1, -0.05) is 13.3 Å². The third-order valence-corrected chi connectivity index (χ3v) is 3.98. The van der Waals surface area contributed by atoms with Crippen LogP contribution in [0.4, 0.5) is 14.5 Å². The fraction of sp³-hybridized carbons (Fsp3) is 0.500. The molecule has 0 fully saturated rings. The van der Waals surface area contributed by atoms with Crippen molar-refractivity contribution >= 4 is 15.5 Å². The van der Waals surface area contributed by atoms with Crippen LogP contribution in [0.15, 0.2) is 29.2 Å². The molecule has 0 spiro atoms. The summed E-state index contributed by atoms with van der Waals surface area (Å²) < 4.78 is 47.0. The molecule has 4 nitrogen and oxygen atoms in total. The van der Waals surface area contributed by atoms with Crippen LogP contribution in [0.5, 0.6) is 0 Å². The van der Waals surface area contributed by atoms with E-state index in [4.69, 9.17) is 0 Å². The van der Waals surface area contributed by atoms with Gasteiger partial charge in [0.15, 0.2) is 0 Å². The largest absolute Gasteiger partial charge is 0.391 e. The molecule has 1 atom stereocenters. The van der Waals surface area contributed by atoms with E-state index in [0.717, 1.165) is 18.6 Å². The molecule has 1 aromatic carbocycles. The number of anilines is 1. The van der Waals surface area contributed by atoms with Crippen molar-refractivity contribution < 1.29 is 22.3 Å². The Kier molecular flexibility index (Phi) is 5.68. The Morgan fingerprint density at radius 1 is 1.26 bits per heavy atom. The van der Waals surface area contributed by atoms with Gasteiger partial charge in [-0.05, 0) is 30.7 Å². The number of nitrogens with one attached hydrogen (secondary N) is 1. The van der Waals surface area contributed by atoms with E-state index in [-0.39, 0.29) is 0 Å². The molecule has 7 heteroatoms. The molecule has 19 heavy (non-hydrogen) atoms. The van der Waals surface area contributed by atoms with Gasteiger partial charge < -0.3 is 10.4 Å². The molecule has 0 aliphatic carbocycles. The van der Waals surface area contributed by atoms with Crippen molar-refractivity contribution in [1.82, 2.24) is 0 Å². The SMILES string of the molecule is CCCC(O)CNc1ccc(S(=O)(=O)C(F)F)cc1. The first-order chi connectivity index (χ1) is 8.87. The summed E-state index contributed by atoms with van der Waals surface area (Å²) in [6.07, 6.45) is 1.02. The third kappa shape index (κ3) is 4.43. The zero-order chi connectivity index (χ0) is 14.5. The topological polar surface area (TPSA) is 66.4 Å². The zero-order valence-corrected chi connectivity index (χ0v) is 11.3. The number of halogens is 2. The van der Waals surface area contributed by atoms with E-state index in [1.165, 1.54) is 12.1 Å². The van der Waals surface area contributed by atoms with Gasteiger partial charge in [0.25, 0.3) is 0 Å². The molecule has 1 aromatic rings. The summed E-state index contributed by atoms with van der Waals surface area (Å²) in [4.78, 5) is -0.415. The molecule has 0 amide bonds. The van der Waals surface area contributed by atoms with Crippen molar-refractivity contribution in [2.45, 2.75) is 36.5 Å². The highest BCUT2D eigenvalue weighted by atomic mass is 32.2. The first kappa shape index (κ1) is 15.8. The van der Waals surface area contributed by atoms with E-state index in [1.54, 1.807) is 0 Å². The predicted molar refractivity (Wildman–Crippen MR) is 69.0 cm³/mol. The molecule has 0 saturated heterocycles. The van der Waals surface area contributed by atoms with Gasteiger partial charge in [-0.3, -0.25) is 0 Å². The second-order valence-electron chi connectivity index (χ2n) is 4.15. The fourth-order valence-electron chi connectivity index (χ4n) is 1.54. The lowest BCUT2D eigenvalue weighted by Crippen LogP contribution is -2.19. The average molecular weight is 293 g/mol. The first-order valence-corrected chi connectivity index (χ1v) is 7.46. The minimum atomic E-state index is -4.54. The van der Waals surface area contributed by atoms with Gasteiger partial charge in [0.05, 0.1) is 11.0 Å². The maximum absolute atomic E-state index is 12.3. The Balaban J connectivity index is 2.67. The lowest BCUT2D eigenvalue weighted by atomic mass is 10.2. The van der Waals surface area contributed by atoms with Crippen molar-refractivity contribution in [2.24, 2.45) is 0 Å². The maximum atomic E-state index is 12.3. The van der Waals surface area contributed by atoms with Crippen molar-refractivity contribution in [1.29, 1.82) is 0 Å². The lowest BCUT2D eigenvalue weighted by molar-refractivity contribution is 0.176. The van der Waals surface area contributed by atoms with Gasteiger partial charge in [-0.25, -0.2) is 8.42 Å². The summed E-state index contributed by atoms with van der Waals surface area (Å²) in [6, 6.07) is 5.04. The Hall–Kier alpha value is -1.21. The highest BCUT2D eigenvalue weighted by Gasteiger charge is 2.26. The third-order valence-electron chi connectivity index (χ3n) is 2.58. The summed E-state index contributed by atoms with van der Waals surface area (Å²) in [5, 5.41) is 12.4. The van der Waals surface area contributed by atoms with Gasteiger partial charge in [-0.15, -0.1) is 0 Å². The van der Waals surface area contributed by atoms with Gasteiger partial charge in [-0.2, -0.15) is 8.78 Å². The molecule has 1 unspecified atom stereocenters. The molecule has 1 rings (SSSR count). The molecule has 0 heterocycles. The van der Waals surface area contributed by atoms with Gasteiger partial charge in [0.2, 0.25) is 9.84 Å². The van der Waals surface area contributed by atoms with Crippen LogP contribution >= 0.6 is 0 Å². The predicted octanol–water partition coefficient (Wildman–Crippen LogP) is 2.26.